The van der Waals surface area contributed by atoms with Gasteiger partial charge in [0.25, 0.3) is 5.91 Å². The minimum Gasteiger partial charge on any atom is -0.492 e. The Bertz CT molecular complexity index is 1240. The Morgan fingerprint density at radius 2 is 1.79 bits per heavy atom. The number of benzene rings is 2. The Morgan fingerprint density at radius 3 is 2.53 bits per heavy atom. The highest BCUT2D eigenvalue weighted by atomic mass is 32.2. The molecule has 2 aromatic carbocycles. The van der Waals surface area contributed by atoms with Crippen LogP contribution in [0.15, 0.2) is 71.8 Å². The largest absolute Gasteiger partial charge is 0.492 e. The summed E-state index contributed by atoms with van der Waals surface area (Å²) in [6, 6.07) is 16.8. The zero-order valence-electron chi connectivity index (χ0n) is 18.9. The van der Waals surface area contributed by atoms with E-state index in [0.717, 1.165) is 19.3 Å². The summed E-state index contributed by atoms with van der Waals surface area (Å²) in [5.41, 5.74) is 0.470. The number of hydrogen-bond donors (Lipinski definition) is 1. The first-order valence-electron chi connectivity index (χ1n) is 11.3. The molecule has 1 fully saturated rings. The first kappa shape index (κ1) is 23.7. The molecule has 2 heterocycles. The topological polar surface area (TPSA) is 97.8 Å². The molecule has 4 rings (SSSR count). The zero-order chi connectivity index (χ0) is 24.0. The molecule has 1 N–H and O–H groups in total. The number of piperidine rings is 1. The number of pyridine rings is 1. The van der Waals surface area contributed by atoms with Gasteiger partial charge in [0.2, 0.25) is 15.9 Å². The van der Waals surface area contributed by atoms with E-state index in [0.29, 0.717) is 31.2 Å². The number of nitrogens with one attached hydrogen (secondary N) is 1. The average molecular weight is 482 g/mol. The lowest BCUT2D eigenvalue weighted by molar-refractivity contribution is 0.102. The van der Waals surface area contributed by atoms with E-state index < -0.39 is 15.9 Å². The molecule has 1 aliphatic heterocycles. The summed E-state index contributed by atoms with van der Waals surface area (Å²) in [5, 5.41) is 2.79. The van der Waals surface area contributed by atoms with Crippen molar-refractivity contribution in [3.8, 4) is 17.4 Å². The smallest absolute Gasteiger partial charge is 0.261 e. The number of nitrogens with zero attached hydrogens (tertiary/aromatic N) is 2. The number of aromatic nitrogens is 1. The van der Waals surface area contributed by atoms with Crippen LogP contribution in [0.25, 0.3) is 0 Å². The van der Waals surface area contributed by atoms with Gasteiger partial charge < -0.3 is 14.8 Å². The summed E-state index contributed by atoms with van der Waals surface area (Å²) in [7, 11) is -3.68. The third-order valence-electron chi connectivity index (χ3n) is 5.43. The van der Waals surface area contributed by atoms with Crippen LogP contribution < -0.4 is 14.8 Å². The maximum absolute atomic E-state index is 13.2. The summed E-state index contributed by atoms with van der Waals surface area (Å²) < 4.78 is 39.3. The van der Waals surface area contributed by atoms with Gasteiger partial charge >= 0.3 is 0 Å². The van der Waals surface area contributed by atoms with Crippen LogP contribution in [0.4, 0.5) is 5.69 Å². The van der Waals surface area contributed by atoms with Crippen LogP contribution in [0.2, 0.25) is 0 Å². The van der Waals surface area contributed by atoms with Crippen LogP contribution in [0.1, 0.15) is 36.5 Å². The van der Waals surface area contributed by atoms with Gasteiger partial charge in [-0.15, -0.1) is 0 Å². The van der Waals surface area contributed by atoms with E-state index in [-0.39, 0.29) is 22.0 Å². The van der Waals surface area contributed by atoms with Crippen molar-refractivity contribution in [2.45, 2.75) is 31.1 Å². The van der Waals surface area contributed by atoms with E-state index in [2.05, 4.69) is 10.3 Å². The van der Waals surface area contributed by atoms with Gasteiger partial charge in [0.05, 0.1) is 17.2 Å². The number of amides is 1. The first-order chi connectivity index (χ1) is 16.5. The fourth-order valence-electron chi connectivity index (χ4n) is 3.74. The van der Waals surface area contributed by atoms with Crippen molar-refractivity contribution in [3.05, 3.63) is 72.4 Å². The van der Waals surface area contributed by atoms with E-state index in [1.807, 2.05) is 25.1 Å². The molecule has 0 saturated carbocycles. The molecule has 0 atom stereocenters. The monoisotopic (exact) mass is 481 g/mol. The Labute approximate surface area is 199 Å². The summed E-state index contributed by atoms with van der Waals surface area (Å²) >= 11 is 0. The molecule has 9 heteroatoms. The van der Waals surface area contributed by atoms with Gasteiger partial charge in [-0.3, -0.25) is 4.79 Å². The standard InChI is InChI=1S/C25H27N3O5S/c1-2-32-23-14-13-20(34(30,31)28-16-7-4-8-17-28)18-22(23)27-24(29)21-12-9-15-26-25(21)33-19-10-5-3-6-11-19/h3,5-6,9-15,18H,2,4,7-8,16-17H2,1H3,(H,27,29). The molecule has 1 aliphatic rings. The quantitative estimate of drug-likeness (QED) is 0.501. The Morgan fingerprint density at radius 1 is 1.03 bits per heavy atom. The van der Waals surface area contributed by atoms with Crippen LogP contribution in [0, 0.1) is 0 Å². The lowest BCUT2D eigenvalue weighted by Gasteiger charge is -2.26. The molecule has 3 aromatic rings. The van der Waals surface area contributed by atoms with E-state index in [4.69, 9.17) is 9.47 Å². The van der Waals surface area contributed by atoms with Crippen LogP contribution >= 0.6 is 0 Å². The predicted molar refractivity (Wildman–Crippen MR) is 129 cm³/mol. The molecule has 1 aromatic heterocycles. The normalized spacial score (nSPS) is 14.4. The fourth-order valence-corrected chi connectivity index (χ4v) is 5.28. The highest BCUT2D eigenvalue weighted by molar-refractivity contribution is 7.89. The lowest BCUT2D eigenvalue weighted by Crippen LogP contribution is -2.35. The van der Waals surface area contributed by atoms with Crippen LogP contribution in [-0.2, 0) is 10.0 Å². The van der Waals surface area contributed by atoms with Crippen LogP contribution in [-0.4, -0.2) is 43.3 Å². The molecule has 0 unspecified atom stereocenters. The second kappa shape index (κ2) is 10.7. The van der Waals surface area contributed by atoms with Crippen molar-refractivity contribution < 1.29 is 22.7 Å². The van der Waals surface area contributed by atoms with Gasteiger partial charge in [0.1, 0.15) is 17.1 Å². The van der Waals surface area contributed by atoms with Gasteiger partial charge in [0, 0.05) is 19.3 Å². The van der Waals surface area contributed by atoms with Crippen molar-refractivity contribution in [3.63, 3.8) is 0 Å². The summed E-state index contributed by atoms with van der Waals surface area (Å²) in [5.74, 6) is 0.566. The number of hydrogen-bond acceptors (Lipinski definition) is 6. The molecule has 1 saturated heterocycles. The lowest BCUT2D eigenvalue weighted by atomic mass is 10.2. The van der Waals surface area contributed by atoms with E-state index in [1.54, 1.807) is 30.3 Å². The number of para-hydroxylation sites is 1. The number of carbonyl (C=O) groups is 1. The van der Waals surface area contributed by atoms with Gasteiger partial charge in [-0.25, -0.2) is 13.4 Å². The molecule has 0 bridgehead atoms. The maximum Gasteiger partial charge on any atom is 0.261 e. The highest BCUT2D eigenvalue weighted by Crippen LogP contribution is 2.31. The van der Waals surface area contributed by atoms with E-state index >= 15 is 0 Å². The second-order valence-corrected chi connectivity index (χ2v) is 9.72. The number of ether oxygens (including phenoxy) is 2. The summed E-state index contributed by atoms with van der Waals surface area (Å²) in [6.07, 6.45) is 4.23. The predicted octanol–water partition coefficient (Wildman–Crippen LogP) is 4.70. The number of rotatable bonds is 8. The second-order valence-electron chi connectivity index (χ2n) is 7.78. The molecule has 0 spiro atoms. The molecular formula is C25H27N3O5S. The zero-order valence-corrected chi connectivity index (χ0v) is 19.8. The third kappa shape index (κ3) is 5.37. The van der Waals surface area contributed by atoms with Crippen molar-refractivity contribution in [2.75, 3.05) is 25.0 Å². The molecule has 0 aliphatic carbocycles. The first-order valence-corrected chi connectivity index (χ1v) is 12.7. The van der Waals surface area contributed by atoms with E-state index in [1.165, 1.54) is 22.6 Å². The van der Waals surface area contributed by atoms with Crippen molar-refractivity contribution in [1.82, 2.24) is 9.29 Å². The number of sulfonamides is 1. The summed E-state index contributed by atoms with van der Waals surface area (Å²) in [4.78, 5) is 17.5. The Hall–Kier alpha value is -3.43. The molecule has 0 radical (unpaired) electrons. The van der Waals surface area contributed by atoms with E-state index in [9.17, 15) is 13.2 Å². The molecule has 8 nitrogen and oxygen atoms in total. The van der Waals surface area contributed by atoms with Crippen LogP contribution in [0.5, 0.6) is 17.4 Å². The summed E-state index contributed by atoms with van der Waals surface area (Å²) in [6.45, 7) is 3.16. The van der Waals surface area contributed by atoms with Crippen LogP contribution in [0.3, 0.4) is 0 Å². The van der Waals surface area contributed by atoms with Gasteiger partial charge in [-0.1, -0.05) is 24.6 Å². The van der Waals surface area contributed by atoms with Gasteiger partial charge in [-0.05, 0) is 62.2 Å². The minimum absolute atomic E-state index is 0.111. The third-order valence-corrected chi connectivity index (χ3v) is 7.32. The van der Waals surface area contributed by atoms with Crippen molar-refractivity contribution in [1.29, 1.82) is 0 Å². The molecule has 1 amide bonds. The fraction of sp³-hybridized carbons (Fsp3) is 0.280. The van der Waals surface area contributed by atoms with Gasteiger partial charge in [0.15, 0.2) is 0 Å². The highest BCUT2D eigenvalue weighted by Gasteiger charge is 2.27. The maximum atomic E-state index is 13.2. The van der Waals surface area contributed by atoms with Crippen molar-refractivity contribution in [2.24, 2.45) is 0 Å². The average Bonchev–Trinajstić information content (AvgIpc) is 2.86. The van der Waals surface area contributed by atoms with Crippen molar-refractivity contribution >= 4 is 21.6 Å². The SMILES string of the molecule is CCOc1ccc(S(=O)(=O)N2CCCCC2)cc1NC(=O)c1cccnc1Oc1ccccc1. The Kier molecular flexibility index (Phi) is 7.44. The number of carbonyl (C=O) groups excluding carboxylic acids is 1. The minimum atomic E-state index is -3.68. The molecule has 34 heavy (non-hydrogen) atoms. The number of anilines is 1. The Balaban J connectivity index is 1.63. The van der Waals surface area contributed by atoms with Gasteiger partial charge in [-0.2, -0.15) is 4.31 Å². The molecular weight excluding hydrogens is 454 g/mol. The molecule has 178 valence electrons.